The van der Waals surface area contributed by atoms with Crippen molar-refractivity contribution in [2.24, 2.45) is 0 Å². The predicted molar refractivity (Wildman–Crippen MR) is 69.5 cm³/mol. The molecule has 2 rings (SSSR count). The predicted octanol–water partition coefficient (Wildman–Crippen LogP) is -0.152. The SMILES string of the molecule is O=C1N[C@@H](CS)C(=O)NC1Cc1ccc(O)cc1. The third-order valence-corrected chi connectivity index (χ3v) is 3.19. The zero-order valence-electron chi connectivity index (χ0n) is 9.59. The first-order valence-electron chi connectivity index (χ1n) is 5.59. The Labute approximate surface area is 110 Å². The molecule has 1 aromatic carbocycles. The van der Waals surface area contributed by atoms with E-state index in [1.54, 1.807) is 24.3 Å². The number of phenols is 1. The van der Waals surface area contributed by atoms with Gasteiger partial charge in [0.15, 0.2) is 0 Å². The van der Waals surface area contributed by atoms with Crippen molar-refractivity contribution in [1.82, 2.24) is 10.6 Å². The van der Waals surface area contributed by atoms with Crippen LogP contribution in [0.15, 0.2) is 24.3 Å². The Kier molecular flexibility index (Phi) is 3.76. The van der Waals surface area contributed by atoms with E-state index < -0.39 is 12.1 Å². The highest BCUT2D eigenvalue weighted by Crippen LogP contribution is 2.12. The molecular weight excluding hydrogens is 252 g/mol. The smallest absolute Gasteiger partial charge is 0.244 e. The van der Waals surface area contributed by atoms with Crippen molar-refractivity contribution in [2.75, 3.05) is 5.75 Å². The molecule has 5 nitrogen and oxygen atoms in total. The summed E-state index contributed by atoms with van der Waals surface area (Å²) in [4.78, 5) is 23.4. The summed E-state index contributed by atoms with van der Waals surface area (Å²) in [5, 5.41) is 14.5. The van der Waals surface area contributed by atoms with E-state index in [4.69, 9.17) is 5.11 Å². The molecule has 0 bridgehead atoms. The zero-order valence-corrected chi connectivity index (χ0v) is 10.5. The minimum absolute atomic E-state index is 0.172. The molecule has 0 aliphatic carbocycles. The molecule has 1 aliphatic heterocycles. The van der Waals surface area contributed by atoms with Crippen LogP contribution in [0.1, 0.15) is 5.56 Å². The number of amides is 2. The standard InChI is InChI=1S/C12H14N2O3S/c15-8-3-1-7(2-4-8)5-9-11(16)14-10(6-18)12(17)13-9/h1-4,9-10,15,18H,5-6H2,(H,13,17)(H,14,16)/t9?,10-/m0/s1. The minimum Gasteiger partial charge on any atom is -0.508 e. The van der Waals surface area contributed by atoms with E-state index in [1.165, 1.54) is 0 Å². The summed E-state index contributed by atoms with van der Waals surface area (Å²) in [6, 6.07) is 5.41. The maximum Gasteiger partial charge on any atom is 0.244 e. The van der Waals surface area contributed by atoms with Gasteiger partial charge in [0.2, 0.25) is 11.8 Å². The second kappa shape index (κ2) is 5.30. The van der Waals surface area contributed by atoms with Gasteiger partial charge in [0.05, 0.1) is 0 Å². The molecule has 1 aromatic rings. The molecule has 1 aliphatic rings. The molecule has 0 saturated carbocycles. The van der Waals surface area contributed by atoms with Gasteiger partial charge < -0.3 is 15.7 Å². The van der Waals surface area contributed by atoms with Crippen LogP contribution >= 0.6 is 12.6 Å². The van der Waals surface area contributed by atoms with Crippen molar-refractivity contribution in [2.45, 2.75) is 18.5 Å². The zero-order chi connectivity index (χ0) is 13.1. The molecule has 0 radical (unpaired) electrons. The van der Waals surface area contributed by atoms with Crippen molar-refractivity contribution in [1.29, 1.82) is 0 Å². The van der Waals surface area contributed by atoms with E-state index in [-0.39, 0.29) is 23.3 Å². The van der Waals surface area contributed by atoms with Crippen molar-refractivity contribution < 1.29 is 14.7 Å². The third-order valence-electron chi connectivity index (χ3n) is 2.82. The average Bonchev–Trinajstić information content (AvgIpc) is 2.36. The van der Waals surface area contributed by atoms with Crippen LogP contribution in [0.2, 0.25) is 0 Å². The van der Waals surface area contributed by atoms with Crippen LogP contribution in [0.3, 0.4) is 0 Å². The monoisotopic (exact) mass is 266 g/mol. The molecule has 3 N–H and O–H groups in total. The summed E-state index contributed by atoms with van der Waals surface area (Å²) in [7, 11) is 0. The van der Waals surface area contributed by atoms with Gasteiger partial charge >= 0.3 is 0 Å². The molecule has 1 unspecified atom stereocenters. The number of hydrogen-bond donors (Lipinski definition) is 4. The van der Waals surface area contributed by atoms with Crippen LogP contribution in [0, 0.1) is 0 Å². The van der Waals surface area contributed by atoms with Crippen LogP contribution in [0.25, 0.3) is 0 Å². The van der Waals surface area contributed by atoms with E-state index >= 15 is 0 Å². The molecule has 1 fully saturated rings. The molecule has 2 amide bonds. The number of rotatable bonds is 3. The fourth-order valence-electron chi connectivity index (χ4n) is 1.82. The Balaban J connectivity index is 2.04. The number of carbonyl (C=O) groups is 2. The highest BCUT2D eigenvalue weighted by Gasteiger charge is 2.32. The lowest BCUT2D eigenvalue weighted by atomic mass is 10.0. The summed E-state index contributed by atoms with van der Waals surface area (Å²) in [5.41, 5.74) is 0.873. The van der Waals surface area contributed by atoms with Crippen LogP contribution in [0.5, 0.6) is 5.75 Å². The molecule has 96 valence electrons. The largest absolute Gasteiger partial charge is 0.508 e. The number of thiol groups is 1. The van der Waals surface area contributed by atoms with Gasteiger partial charge in [-0.3, -0.25) is 9.59 Å². The fraction of sp³-hybridized carbons (Fsp3) is 0.333. The molecule has 6 heteroatoms. The molecule has 0 spiro atoms. The van der Waals surface area contributed by atoms with Gasteiger partial charge in [-0.2, -0.15) is 12.6 Å². The first-order chi connectivity index (χ1) is 8.60. The maximum atomic E-state index is 11.8. The number of carbonyl (C=O) groups excluding carboxylic acids is 2. The lowest BCUT2D eigenvalue weighted by molar-refractivity contribution is -0.136. The Hall–Kier alpha value is -1.69. The number of piperazine rings is 1. The Morgan fingerprint density at radius 3 is 2.22 bits per heavy atom. The van der Waals surface area contributed by atoms with E-state index in [0.717, 1.165) is 5.56 Å². The molecule has 18 heavy (non-hydrogen) atoms. The molecule has 0 aromatic heterocycles. The lowest BCUT2D eigenvalue weighted by Gasteiger charge is -2.28. The van der Waals surface area contributed by atoms with Gasteiger partial charge in [0, 0.05) is 12.2 Å². The van der Waals surface area contributed by atoms with E-state index in [9.17, 15) is 9.59 Å². The van der Waals surface area contributed by atoms with Gasteiger partial charge in [-0.15, -0.1) is 0 Å². The van der Waals surface area contributed by atoms with E-state index in [0.29, 0.717) is 6.42 Å². The van der Waals surface area contributed by atoms with Crippen molar-refractivity contribution >= 4 is 24.4 Å². The fourth-order valence-corrected chi connectivity index (χ4v) is 2.07. The maximum absolute atomic E-state index is 11.8. The molecular formula is C12H14N2O3S. The Bertz CT molecular complexity index is 461. The van der Waals surface area contributed by atoms with E-state index in [2.05, 4.69) is 23.3 Å². The number of aromatic hydroxyl groups is 1. The second-order valence-corrected chi connectivity index (χ2v) is 4.54. The summed E-state index contributed by atoms with van der Waals surface area (Å²) >= 11 is 4.00. The first-order valence-corrected chi connectivity index (χ1v) is 6.23. The average molecular weight is 266 g/mol. The van der Waals surface area contributed by atoms with Crippen LogP contribution in [-0.4, -0.2) is 34.8 Å². The van der Waals surface area contributed by atoms with Gasteiger partial charge in [0.1, 0.15) is 17.8 Å². The number of benzene rings is 1. The summed E-state index contributed by atoms with van der Waals surface area (Å²) in [5.74, 6) is 0.0323. The normalized spacial score (nSPS) is 23.4. The summed E-state index contributed by atoms with van der Waals surface area (Å²) < 4.78 is 0. The highest BCUT2D eigenvalue weighted by molar-refractivity contribution is 7.80. The summed E-state index contributed by atoms with van der Waals surface area (Å²) in [6.07, 6.45) is 0.400. The molecule has 1 heterocycles. The second-order valence-electron chi connectivity index (χ2n) is 4.18. The van der Waals surface area contributed by atoms with Gasteiger partial charge in [-0.05, 0) is 17.7 Å². The third kappa shape index (κ3) is 2.76. The van der Waals surface area contributed by atoms with Crippen LogP contribution in [-0.2, 0) is 16.0 Å². The van der Waals surface area contributed by atoms with Crippen molar-refractivity contribution in [3.8, 4) is 5.75 Å². The van der Waals surface area contributed by atoms with Crippen molar-refractivity contribution in [3.63, 3.8) is 0 Å². The number of hydrogen-bond acceptors (Lipinski definition) is 4. The summed E-state index contributed by atoms with van der Waals surface area (Å²) in [6.45, 7) is 0. The Morgan fingerprint density at radius 2 is 1.61 bits per heavy atom. The first kappa shape index (κ1) is 12.8. The topological polar surface area (TPSA) is 78.4 Å². The molecule has 1 saturated heterocycles. The minimum atomic E-state index is -0.571. The Morgan fingerprint density at radius 1 is 1.06 bits per heavy atom. The highest BCUT2D eigenvalue weighted by atomic mass is 32.1. The van der Waals surface area contributed by atoms with Crippen LogP contribution in [0.4, 0.5) is 0 Å². The molecule has 2 atom stereocenters. The lowest BCUT2D eigenvalue weighted by Crippen LogP contribution is -2.62. The van der Waals surface area contributed by atoms with Gasteiger partial charge in [0.25, 0.3) is 0 Å². The van der Waals surface area contributed by atoms with Crippen molar-refractivity contribution in [3.05, 3.63) is 29.8 Å². The van der Waals surface area contributed by atoms with Gasteiger partial charge in [-0.25, -0.2) is 0 Å². The number of phenolic OH excluding ortho intramolecular Hbond substituents is 1. The van der Waals surface area contributed by atoms with Crippen LogP contribution < -0.4 is 10.6 Å². The van der Waals surface area contributed by atoms with E-state index in [1.807, 2.05) is 0 Å². The number of nitrogens with one attached hydrogen (secondary N) is 2. The quantitative estimate of drug-likeness (QED) is 0.574. The van der Waals surface area contributed by atoms with Gasteiger partial charge in [-0.1, -0.05) is 12.1 Å².